The lowest BCUT2D eigenvalue weighted by Crippen LogP contribution is -2.33. The Morgan fingerprint density at radius 1 is 1.31 bits per heavy atom. The number of hydrogen-bond donors (Lipinski definition) is 2. The van der Waals surface area contributed by atoms with Crippen molar-refractivity contribution in [1.29, 1.82) is 0 Å². The average molecular weight is 217 g/mol. The van der Waals surface area contributed by atoms with Crippen LogP contribution in [0.5, 0.6) is 0 Å². The first-order chi connectivity index (χ1) is 7.90. The molecule has 2 rings (SSSR count). The van der Waals surface area contributed by atoms with Crippen LogP contribution in [0.25, 0.3) is 0 Å². The summed E-state index contributed by atoms with van der Waals surface area (Å²) in [5.74, 6) is 0.912. The Morgan fingerprint density at radius 2 is 2.19 bits per heavy atom. The number of hydrogen-bond acceptors (Lipinski definition) is 3. The summed E-state index contributed by atoms with van der Waals surface area (Å²) in [5, 5.41) is 6.65. The average Bonchev–Trinajstić information content (AvgIpc) is 2.34. The summed E-state index contributed by atoms with van der Waals surface area (Å²) in [6, 6.07) is 8.30. The molecule has 3 nitrogen and oxygen atoms in total. The summed E-state index contributed by atoms with van der Waals surface area (Å²) in [4.78, 5) is 4.46. The number of nitrogens with zero attached hydrogens (tertiary/aromatic N) is 1. The van der Waals surface area contributed by atoms with Crippen LogP contribution in [0.15, 0.2) is 29.3 Å². The van der Waals surface area contributed by atoms with Gasteiger partial charge in [-0.15, -0.1) is 0 Å². The molecule has 1 aliphatic heterocycles. The molecule has 0 radical (unpaired) electrons. The summed E-state index contributed by atoms with van der Waals surface area (Å²) < 4.78 is 0. The number of para-hydroxylation sites is 1. The van der Waals surface area contributed by atoms with Gasteiger partial charge in [0, 0.05) is 12.2 Å². The van der Waals surface area contributed by atoms with Crippen molar-refractivity contribution in [3.8, 4) is 0 Å². The number of nitrogens with one attached hydrogen (secondary N) is 2. The fourth-order valence-electron chi connectivity index (χ4n) is 1.79. The van der Waals surface area contributed by atoms with Crippen molar-refractivity contribution < 1.29 is 0 Å². The van der Waals surface area contributed by atoms with E-state index in [4.69, 9.17) is 0 Å². The number of aliphatic imine (C=N–C) groups is 1. The van der Waals surface area contributed by atoms with Gasteiger partial charge in [-0.25, -0.2) is 4.99 Å². The third kappa shape index (κ3) is 2.75. The molecule has 0 bridgehead atoms. The van der Waals surface area contributed by atoms with E-state index in [1.165, 1.54) is 30.5 Å². The molecule has 2 N–H and O–H groups in total. The van der Waals surface area contributed by atoms with Gasteiger partial charge >= 0.3 is 0 Å². The van der Waals surface area contributed by atoms with E-state index < -0.39 is 0 Å². The van der Waals surface area contributed by atoms with Gasteiger partial charge in [-0.05, 0) is 18.1 Å². The summed E-state index contributed by atoms with van der Waals surface area (Å²) in [6.45, 7) is 3.99. The molecule has 0 aliphatic carbocycles. The van der Waals surface area contributed by atoms with Crippen LogP contribution >= 0.6 is 0 Å². The van der Waals surface area contributed by atoms with Crippen molar-refractivity contribution in [1.82, 2.24) is 5.32 Å². The molecule has 1 heterocycles. The van der Waals surface area contributed by atoms with Crippen molar-refractivity contribution in [3.63, 3.8) is 0 Å². The first kappa shape index (κ1) is 11.0. The Hall–Kier alpha value is -1.51. The quantitative estimate of drug-likeness (QED) is 0.761. The van der Waals surface area contributed by atoms with Crippen LogP contribution in [0.3, 0.4) is 0 Å². The largest absolute Gasteiger partial charge is 0.356 e. The van der Waals surface area contributed by atoms with Crippen LogP contribution in [0.1, 0.15) is 31.7 Å². The van der Waals surface area contributed by atoms with Crippen molar-refractivity contribution in [2.75, 3.05) is 11.9 Å². The second-order valence-corrected chi connectivity index (χ2v) is 4.08. The topological polar surface area (TPSA) is 36.4 Å². The Morgan fingerprint density at radius 3 is 3.06 bits per heavy atom. The molecule has 0 spiro atoms. The highest BCUT2D eigenvalue weighted by atomic mass is 15.2. The highest BCUT2D eigenvalue weighted by Gasteiger charge is 2.09. The summed E-state index contributed by atoms with van der Waals surface area (Å²) in [6.07, 6.45) is 3.74. The number of rotatable bonds is 4. The molecule has 1 aromatic rings. The van der Waals surface area contributed by atoms with Gasteiger partial charge in [-0.1, -0.05) is 38.0 Å². The van der Waals surface area contributed by atoms with Gasteiger partial charge < -0.3 is 10.6 Å². The molecular weight excluding hydrogens is 198 g/mol. The predicted molar refractivity (Wildman–Crippen MR) is 68.7 cm³/mol. The van der Waals surface area contributed by atoms with Crippen LogP contribution in [-0.4, -0.2) is 12.5 Å². The molecule has 0 fully saturated rings. The van der Waals surface area contributed by atoms with Crippen LogP contribution in [0.2, 0.25) is 0 Å². The van der Waals surface area contributed by atoms with Gasteiger partial charge in [0.1, 0.15) is 0 Å². The molecule has 0 amide bonds. The maximum atomic E-state index is 4.46. The molecular formula is C13H19N3. The number of unbranched alkanes of at least 4 members (excludes halogenated alkanes) is 2. The minimum atomic E-state index is 0.777. The SMILES string of the molecule is CCCCCNC1=NCc2ccccc2N1. The third-order valence-electron chi connectivity index (χ3n) is 2.75. The van der Waals surface area contributed by atoms with Crippen LogP contribution in [0, 0.1) is 0 Å². The molecule has 3 heteroatoms. The maximum Gasteiger partial charge on any atom is 0.196 e. The number of fused-ring (bicyclic) bond motifs is 1. The molecule has 86 valence electrons. The molecule has 0 saturated carbocycles. The first-order valence-corrected chi connectivity index (χ1v) is 6.03. The van der Waals surface area contributed by atoms with Crippen LogP contribution in [0.4, 0.5) is 5.69 Å². The Labute approximate surface area is 97.0 Å². The molecule has 1 aliphatic rings. The van der Waals surface area contributed by atoms with Gasteiger partial charge in [0.15, 0.2) is 5.96 Å². The zero-order chi connectivity index (χ0) is 11.2. The second kappa shape index (κ2) is 5.54. The normalized spacial score (nSPS) is 13.7. The number of anilines is 1. The summed E-state index contributed by atoms with van der Waals surface area (Å²) in [5.41, 5.74) is 2.44. The van der Waals surface area contributed by atoms with E-state index in [1.807, 2.05) is 6.07 Å². The van der Waals surface area contributed by atoms with Gasteiger partial charge in [-0.3, -0.25) is 0 Å². The molecule has 0 unspecified atom stereocenters. The standard InChI is InChI=1S/C13H19N3/c1-2-3-6-9-14-13-15-10-11-7-4-5-8-12(11)16-13/h4-5,7-8H,2-3,6,9-10H2,1H3,(H2,14,15,16). The fourth-order valence-corrected chi connectivity index (χ4v) is 1.79. The molecule has 16 heavy (non-hydrogen) atoms. The minimum absolute atomic E-state index is 0.777. The van der Waals surface area contributed by atoms with E-state index in [9.17, 15) is 0 Å². The summed E-state index contributed by atoms with van der Waals surface area (Å²) >= 11 is 0. The Bertz CT molecular complexity index is 371. The van der Waals surface area contributed by atoms with Crippen molar-refractivity contribution in [2.45, 2.75) is 32.7 Å². The Balaban J connectivity index is 1.84. The lowest BCUT2D eigenvalue weighted by atomic mass is 10.1. The van der Waals surface area contributed by atoms with Gasteiger partial charge in [-0.2, -0.15) is 0 Å². The molecule has 1 aromatic carbocycles. The second-order valence-electron chi connectivity index (χ2n) is 4.08. The van der Waals surface area contributed by atoms with E-state index in [2.05, 4.69) is 40.7 Å². The van der Waals surface area contributed by atoms with Crippen molar-refractivity contribution in [3.05, 3.63) is 29.8 Å². The highest BCUT2D eigenvalue weighted by Crippen LogP contribution is 2.18. The monoisotopic (exact) mass is 217 g/mol. The van der Waals surface area contributed by atoms with Gasteiger partial charge in [0.25, 0.3) is 0 Å². The Kier molecular flexibility index (Phi) is 3.81. The summed E-state index contributed by atoms with van der Waals surface area (Å²) in [7, 11) is 0. The molecule has 0 atom stereocenters. The van der Waals surface area contributed by atoms with E-state index in [0.29, 0.717) is 0 Å². The molecule has 0 saturated heterocycles. The van der Waals surface area contributed by atoms with Crippen molar-refractivity contribution in [2.24, 2.45) is 4.99 Å². The van der Waals surface area contributed by atoms with Crippen LogP contribution < -0.4 is 10.6 Å². The fraction of sp³-hybridized carbons (Fsp3) is 0.462. The van der Waals surface area contributed by atoms with E-state index in [0.717, 1.165) is 19.0 Å². The van der Waals surface area contributed by atoms with E-state index >= 15 is 0 Å². The van der Waals surface area contributed by atoms with Gasteiger partial charge in [0.2, 0.25) is 0 Å². The lowest BCUT2D eigenvalue weighted by molar-refractivity contribution is 0.693. The highest BCUT2D eigenvalue weighted by molar-refractivity contribution is 5.95. The first-order valence-electron chi connectivity index (χ1n) is 6.03. The number of guanidine groups is 1. The zero-order valence-corrected chi connectivity index (χ0v) is 9.79. The molecule has 0 aromatic heterocycles. The third-order valence-corrected chi connectivity index (χ3v) is 2.75. The van der Waals surface area contributed by atoms with Crippen molar-refractivity contribution >= 4 is 11.6 Å². The predicted octanol–water partition coefficient (Wildman–Crippen LogP) is 2.75. The van der Waals surface area contributed by atoms with E-state index in [1.54, 1.807) is 0 Å². The smallest absolute Gasteiger partial charge is 0.196 e. The zero-order valence-electron chi connectivity index (χ0n) is 9.79. The van der Waals surface area contributed by atoms with Crippen LogP contribution in [-0.2, 0) is 6.54 Å². The maximum absolute atomic E-state index is 4.46. The number of benzene rings is 1. The minimum Gasteiger partial charge on any atom is -0.356 e. The van der Waals surface area contributed by atoms with Gasteiger partial charge in [0.05, 0.1) is 6.54 Å². The lowest BCUT2D eigenvalue weighted by Gasteiger charge is -2.19. The van der Waals surface area contributed by atoms with E-state index in [-0.39, 0.29) is 0 Å².